The first-order valence-electron chi connectivity index (χ1n) is 7.16. The summed E-state index contributed by atoms with van der Waals surface area (Å²) in [6, 6.07) is 0. The fourth-order valence-corrected chi connectivity index (χ4v) is 2.83. The van der Waals surface area contributed by atoms with Crippen molar-refractivity contribution in [3.8, 4) is 0 Å². The Morgan fingerprint density at radius 1 is 1.25 bits per heavy atom. The molecule has 0 radical (unpaired) electrons. The minimum Gasteiger partial charge on any atom is -0.372 e. The van der Waals surface area contributed by atoms with Crippen LogP contribution in [-0.4, -0.2) is 26.4 Å². The van der Waals surface area contributed by atoms with Crippen LogP contribution in [0, 0.1) is 0 Å². The Morgan fingerprint density at radius 2 is 2.05 bits per heavy atom. The van der Waals surface area contributed by atoms with Crippen molar-refractivity contribution in [1.29, 1.82) is 0 Å². The van der Waals surface area contributed by atoms with Gasteiger partial charge in [0.25, 0.3) is 0 Å². The Balaban J connectivity index is 2.12. The molecule has 0 amide bonds. The smallest absolute Gasteiger partial charge is 0.150 e. The number of ether oxygens (including phenoxy) is 1. The molecule has 0 aliphatic heterocycles. The van der Waals surface area contributed by atoms with Crippen LogP contribution in [0.2, 0.25) is 0 Å². The number of hydrogen-bond donors (Lipinski definition) is 0. The molecule has 0 aromatic carbocycles. The van der Waals surface area contributed by atoms with Crippen molar-refractivity contribution in [3.63, 3.8) is 0 Å². The first kappa shape index (κ1) is 15.1. The highest BCUT2D eigenvalue weighted by atomic mass is 32.1. The van der Waals surface area contributed by atoms with Gasteiger partial charge in [-0.3, -0.25) is 0 Å². The summed E-state index contributed by atoms with van der Waals surface area (Å²) in [7, 11) is 0. The van der Waals surface area contributed by atoms with E-state index in [0.717, 1.165) is 35.2 Å². The molecule has 0 saturated carbocycles. The molecule has 0 saturated heterocycles. The third-order valence-corrected chi connectivity index (χ3v) is 4.13. The maximum atomic E-state index is 5.57. The molecule has 0 aliphatic carbocycles. The Hall–Kier alpha value is -1.27. The molecule has 0 bridgehead atoms. The zero-order valence-corrected chi connectivity index (χ0v) is 13.4. The molecule has 6 heteroatoms. The molecule has 1 atom stereocenters. The van der Waals surface area contributed by atoms with Gasteiger partial charge in [-0.2, -0.15) is 5.10 Å². The van der Waals surface area contributed by atoms with E-state index in [-0.39, 0.29) is 6.10 Å². The highest BCUT2D eigenvalue weighted by Gasteiger charge is 2.13. The largest absolute Gasteiger partial charge is 0.372 e. The lowest BCUT2D eigenvalue weighted by Crippen LogP contribution is -2.07. The first-order chi connectivity index (χ1) is 9.67. The normalized spacial score (nSPS) is 12.8. The van der Waals surface area contributed by atoms with Crippen LogP contribution in [0.3, 0.4) is 0 Å². The summed E-state index contributed by atoms with van der Waals surface area (Å²) >= 11 is 1.65. The maximum Gasteiger partial charge on any atom is 0.150 e. The van der Waals surface area contributed by atoms with Crippen molar-refractivity contribution in [1.82, 2.24) is 19.7 Å². The number of aromatic nitrogens is 4. The van der Waals surface area contributed by atoms with Crippen molar-refractivity contribution in [3.05, 3.63) is 27.7 Å². The van der Waals surface area contributed by atoms with Crippen LogP contribution in [0.15, 0.2) is 5.38 Å². The number of nitrogens with zero attached hydrogens (tertiary/aromatic N) is 4. The van der Waals surface area contributed by atoms with Gasteiger partial charge < -0.3 is 4.74 Å². The Labute approximate surface area is 124 Å². The molecule has 2 rings (SSSR count). The molecular weight excluding hydrogens is 272 g/mol. The molecule has 5 nitrogen and oxygen atoms in total. The van der Waals surface area contributed by atoms with Gasteiger partial charge in [0.1, 0.15) is 16.9 Å². The molecule has 20 heavy (non-hydrogen) atoms. The van der Waals surface area contributed by atoms with Gasteiger partial charge in [-0.25, -0.2) is 14.6 Å². The standard InChI is InChI=1S/C14H22N4OS/c1-5-12-16-13(6-2)18(17-12)8-11-9-20-14(15-11)10(4)19-7-3/h9-10H,5-8H2,1-4H3. The molecule has 2 heterocycles. The van der Waals surface area contributed by atoms with Crippen molar-refractivity contribution in [2.75, 3.05) is 6.61 Å². The minimum atomic E-state index is 0.0614. The van der Waals surface area contributed by atoms with Crippen LogP contribution in [0.4, 0.5) is 0 Å². The van der Waals surface area contributed by atoms with Gasteiger partial charge in [-0.1, -0.05) is 13.8 Å². The molecular formula is C14H22N4OS. The van der Waals surface area contributed by atoms with Gasteiger partial charge in [-0.15, -0.1) is 11.3 Å². The van der Waals surface area contributed by atoms with E-state index in [9.17, 15) is 0 Å². The van der Waals surface area contributed by atoms with Gasteiger partial charge in [0.2, 0.25) is 0 Å². The van der Waals surface area contributed by atoms with Gasteiger partial charge >= 0.3 is 0 Å². The van der Waals surface area contributed by atoms with Gasteiger partial charge in [0.05, 0.1) is 12.2 Å². The second kappa shape index (κ2) is 6.95. The van der Waals surface area contributed by atoms with Crippen LogP contribution >= 0.6 is 11.3 Å². The Bertz CT molecular complexity index is 549. The van der Waals surface area contributed by atoms with E-state index in [0.29, 0.717) is 13.2 Å². The average molecular weight is 294 g/mol. The van der Waals surface area contributed by atoms with Crippen LogP contribution in [0.1, 0.15) is 56.1 Å². The predicted octanol–water partition coefficient (Wildman–Crippen LogP) is 3.01. The Kier molecular flexibility index (Phi) is 5.25. The minimum absolute atomic E-state index is 0.0614. The predicted molar refractivity (Wildman–Crippen MR) is 80.0 cm³/mol. The SMILES string of the molecule is CCOC(C)c1nc(Cn2nc(CC)nc2CC)cs1. The summed E-state index contributed by atoms with van der Waals surface area (Å²) in [6.45, 7) is 9.60. The summed E-state index contributed by atoms with van der Waals surface area (Å²) in [5.41, 5.74) is 1.03. The molecule has 0 spiro atoms. The summed E-state index contributed by atoms with van der Waals surface area (Å²) in [5, 5.41) is 7.63. The monoisotopic (exact) mass is 294 g/mol. The lowest BCUT2D eigenvalue weighted by molar-refractivity contribution is 0.0761. The maximum absolute atomic E-state index is 5.57. The number of aryl methyl sites for hydroxylation is 2. The van der Waals surface area contributed by atoms with Gasteiger partial charge in [-0.05, 0) is 13.8 Å². The first-order valence-corrected chi connectivity index (χ1v) is 8.04. The van der Waals surface area contributed by atoms with Crippen molar-refractivity contribution < 1.29 is 4.74 Å². The lowest BCUT2D eigenvalue weighted by atomic mass is 10.4. The topological polar surface area (TPSA) is 52.8 Å². The van der Waals surface area contributed by atoms with E-state index < -0.39 is 0 Å². The molecule has 2 aromatic rings. The summed E-state index contributed by atoms with van der Waals surface area (Å²) < 4.78 is 7.53. The highest BCUT2D eigenvalue weighted by molar-refractivity contribution is 7.09. The number of hydrogen-bond acceptors (Lipinski definition) is 5. The van der Waals surface area contributed by atoms with Gasteiger partial charge in [0.15, 0.2) is 5.82 Å². The third-order valence-electron chi connectivity index (χ3n) is 3.07. The second-order valence-electron chi connectivity index (χ2n) is 4.58. The highest BCUT2D eigenvalue weighted by Crippen LogP contribution is 2.21. The summed E-state index contributed by atoms with van der Waals surface area (Å²) in [5.74, 6) is 1.93. The van der Waals surface area contributed by atoms with E-state index in [1.54, 1.807) is 11.3 Å². The fourth-order valence-electron chi connectivity index (χ4n) is 2.02. The van der Waals surface area contributed by atoms with Crippen molar-refractivity contribution in [2.45, 2.75) is 53.2 Å². The lowest BCUT2D eigenvalue weighted by Gasteiger charge is -2.07. The van der Waals surface area contributed by atoms with E-state index in [2.05, 4.69) is 34.3 Å². The molecule has 2 aromatic heterocycles. The summed E-state index contributed by atoms with van der Waals surface area (Å²) in [4.78, 5) is 9.16. The van der Waals surface area contributed by atoms with Crippen LogP contribution in [-0.2, 0) is 24.1 Å². The van der Waals surface area contributed by atoms with Crippen LogP contribution in [0.5, 0.6) is 0 Å². The zero-order valence-electron chi connectivity index (χ0n) is 12.6. The Morgan fingerprint density at radius 3 is 2.70 bits per heavy atom. The summed E-state index contributed by atoms with van der Waals surface area (Å²) in [6.07, 6.45) is 1.81. The molecule has 0 N–H and O–H groups in total. The third kappa shape index (κ3) is 3.43. The van der Waals surface area contributed by atoms with Crippen LogP contribution in [0.25, 0.3) is 0 Å². The number of rotatable bonds is 7. The number of thiazole rings is 1. The zero-order chi connectivity index (χ0) is 14.5. The van der Waals surface area contributed by atoms with Gasteiger partial charge in [0, 0.05) is 24.8 Å². The molecule has 0 aliphatic rings. The van der Waals surface area contributed by atoms with E-state index >= 15 is 0 Å². The van der Waals surface area contributed by atoms with E-state index in [1.807, 2.05) is 18.5 Å². The van der Waals surface area contributed by atoms with E-state index in [1.165, 1.54) is 0 Å². The molecule has 0 fully saturated rings. The average Bonchev–Trinajstić information content (AvgIpc) is 3.06. The van der Waals surface area contributed by atoms with E-state index in [4.69, 9.17) is 4.74 Å². The molecule has 1 unspecified atom stereocenters. The quantitative estimate of drug-likeness (QED) is 0.787. The molecule has 110 valence electrons. The van der Waals surface area contributed by atoms with Crippen molar-refractivity contribution >= 4 is 11.3 Å². The second-order valence-corrected chi connectivity index (χ2v) is 5.47. The van der Waals surface area contributed by atoms with Crippen molar-refractivity contribution in [2.24, 2.45) is 0 Å². The fraction of sp³-hybridized carbons (Fsp3) is 0.643. The van der Waals surface area contributed by atoms with Crippen LogP contribution < -0.4 is 0 Å².